The van der Waals surface area contributed by atoms with Gasteiger partial charge >= 0.3 is 0 Å². The summed E-state index contributed by atoms with van der Waals surface area (Å²) in [5.41, 5.74) is 2.43. The van der Waals surface area contributed by atoms with E-state index in [4.69, 9.17) is 16.6 Å². The van der Waals surface area contributed by atoms with Crippen LogP contribution in [0.1, 0.15) is 5.56 Å². The monoisotopic (exact) mass is 367 g/mol. The van der Waals surface area contributed by atoms with Crippen LogP contribution in [0.5, 0.6) is 0 Å². The van der Waals surface area contributed by atoms with Gasteiger partial charge in [0.15, 0.2) is 5.05 Å². The van der Waals surface area contributed by atoms with Gasteiger partial charge in [-0.05, 0) is 68.2 Å². The van der Waals surface area contributed by atoms with E-state index in [2.05, 4.69) is 74.3 Å². The van der Waals surface area contributed by atoms with Crippen molar-refractivity contribution in [3.8, 4) is 0 Å². The number of anilines is 1. The van der Waals surface area contributed by atoms with Crippen molar-refractivity contribution in [2.24, 2.45) is 0 Å². The van der Waals surface area contributed by atoms with Gasteiger partial charge in [-0.15, -0.1) is 0 Å². The van der Waals surface area contributed by atoms with E-state index in [-0.39, 0.29) is 0 Å². The van der Waals surface area contributed by atoms with Crippen molar-refractivity contribution in [3.05, 3.63) is 29.8 Å². The largest absolute Gasteiger partial charge is 0.536 e. The van der Waals surface area contributed by atoms with Crippen LogP contribution < -0.4 is 4.23 Å². The molecule has 1 aromatic rings. The zero-order valence-electron chi connectivity index (χ0n) is 15.0. The minimum absolute atomic E-state index is 0.653. The summed E-state index contributed by atoms with van der Waals surface area (Å²) in [6, 6.07) is 11.6. The molecule has 0 unspecified atom stereocenters. The third kappa shape index (κ3) is 3.90. The van der Waals surface area contributed by atoms with Crippen LogP contribution in [0.2, 0.25) is 57.9 Å². The fraction of sp³-hybridized carbons (Fsp3) is 0.562. The fourth-order valence-electron chi connectivity index (χ4n) is 3.44. The summed E-state index contributed by atoms with van der Waals surface area (Å²) in [5, 5.41) is 0.653. The molecule has 0 N–H and O–H groups in total. The molecule has 1 saturated heterocycles. The summed E-state index contributed by atoms with van der Waals surface area (Å²) in [6.07, 6.45) is 0. The van der Waals surface area contributed by atoms with Crippen molar-refractivity contribution in [1.82, 2.24) is 0 Å². The molecule has 0 aromatic heterocycles. The van der Waals surface area contributed by atoms with Crippen LogP contribution in [0.4, 0.5) is 5.69 Å². The summed E-state index contributed by atoms with van der Waals surface area (Å²) in [5.74, 6) is 0. The third-order valence-electron chi connectivity index (χ3n) is 4.32. The van der Waals surface area contributed by atoms with E-state index in [0.717, 1.165) is 5.56 Å². The topological polar surface area (TPSA) is 12.5 Å². The lowest BCUT2D eigenvalue weighted by molar-refractivity contribution is 0.568. The normalized spacial score (nSPS) is 20.0. The molecule has 0 saturated carbocycles. The number of nitrogens with zero attached hydrogens (tertiary/aromatic N) is 1. The van der Waals surface area contributed by atoms with Crippen molar-refractivity contribution in [3.63, 3.8) is 0 Å². The van der Waals surface area contributed by atoms with Gasteiger partial charge in [-0.1, -0.05) is 26.2 Å². The number of benzene rings is 1. The van der Waals surface area contributed by atoms with Crippen LogP contribution in [0, 0.1) is 0 Å². The molecule has 2 rings (SSSR count). The molecule has 1 heterocycles. The first-order chi connectivity index (χ1) is 9.92. The van der Waals surface area contributed by atoms with Gasteiger partial charge in [0.1, 0.15) is 16.5 Å². The Hall–Kier alpha value is -0.439. The molecule has 1 fully saturated rings. The van der Waals surface area contributed by atoms with E-state index in [9.17, 15) is 0 Å². The number of hydrogen-bond donors (Lipinski definition) is 0. The van der Waals surface area contributed by atoms with Gasteiger partial charge in [0.25, 0.3) is 0 Å². The van der Waals surface area contributed by atoms with Gasteiger partial charge in [-0.2, -0.15) is 0 Å². The Kier molecular flexibility index (Phi) is 4.79. The molecule has 0 aliphatic carbocycles. The van der Waals surface area contributed by atoms with E-state index in [1.54, 1.807) is 0 Å². The van der Waals surface area contributed by atoms with Gasteiger partial charge in [0.2, 0.25) is 8.32 Å². The highest BCUT2D eigenvalue weighted by atomic mass is 32.1. The molecule has 122 valence electrons. The molecule has 6 heteroatoms. The minimum Gasteiger partial charge on any atom is -0.536 e. The zero-order chi connectivity index (χ0) is 16.8. The lowest BCUT2D eigenvalue weighted by atomic mass is 10.2. The molecule has 0 amide bonds. The second-order valence-corrected chi connectivity index (χ2v) is 22.9. The number of thiocarbonyl (C=S) groups is 1. The summed E-state index contributed by atoms with van der Waals surface area (Å²) in [4.78, 5) is 0. The SMILES string of the molecule is C[Si](C)(C)OC(=S)c1ccc(N2[Si](C)(C)CC[Si]2(C)C)cc1. The maximum absolute atomic E-state index is 5.95. The second kappa shape index (κ2) is 5.89. The van der Waals surface area contributed by atoms with Gasteiger partial charge in [0.05, 0.1) is 0 Å². The van der Waals surface area contributed by atoms with Crippen molar-refractivity contribution >= 4 is 47.7 Å². The van der Waals surface area contributed by atoms with Crippen LogP contribution >= 0.6 is 12.2 Å². The number of rotatable bonds is 3. The third-order valence-corrected chi connectivity index (χ3v) is 15.6. The molecule has 0 spiro atoms. The zero-order valence-corrected chi connectivity index (χ0v) is 18.8. The average molecular weight is 368 g/mol. The van der Waals surface area contributed by atoms with E-state index in [1.165, 1.54) is 17.8 Å². The van der Waals surface area contributed by atoms with E-state index >= 15 is 0 Å². The first-order valence-corrected chi connectivity index (χ1v) is 18.2. The highest BCUT2D eigenvalue weighted by Gasteiger charge is 2.47. The molecular weight excluding hydrogens is 339 g/mol. The molecule has 0 radical (unpaired) electrons. The van der Waals surface area contributed by atoms with Crippen LogP contribution in [0.15, 0.2) is 24.3 Å². The Morgan fingerprint density at radius 3 is 1.86 bits per heavy atom. The van der Waals surface area contributed by atoms with Gasteiger partial charge in [0, 0.05) is 11.3 Å². The van der Waals surface area contributed by atoms with Crippen LogP contribution in [-0.2, 0) is 4.43 Å². The average Bonchev–Trinajstić information content (AvgIpc) is 2.57. The van der Waals surface area contributed by atoms with E-state index in [1.807, 2.05) is 0 Å². The molecular formula is C16H29NOSSi3. The maximum atomic E-state index is 5.95. The quantitative estimate of drug-likeness (QED) is 0.521. The smallest absolute Gasteiger partial charge is 0.243 e. The Balaban J connectivity index is 2.24. The van der Waals surface area contributed by atoms with E-state index in [0.29, 0.717) is 5.05 Å². The summed E-state index contributed by atoms with van der Waals surface area (Å²) in [6.45, 7) is 16.5. The molecule has 1 aliphatic heterocycles. The lowest BCUT2D eigenvalue weighted by Gasteiger charge is -2.41. The molecule has 1 aromatic carbocycles. The molecule has 22 heavy (non-hydrogen) atoms. The predicted molar refractivity (Wildman–Crippen MR) is 110 cm³/mol. The van der Waals surface area contributed by atoms with Crippen LogP contribution in [0.25, 0.3) is 0 Å². The van der Waals surface area contributed by atoms with Crippen molar-refractivity contribution in [2.45, 2.75) is 57.9 Å². The highest BCUT2D eigenvalue weighted by molar-refractivity contribution is 7.80. The van der Waals surface area contributed by atoms with E-state index < -0.39 is 24.8 Å². The van der Waals surface area contributed by atoms with Gasteiger partial charge < -0.3 is 8.66 Å². The predicted octanol–water partition coefficient (Wildman–Crippen LogP) is 5.44. The Labute approximate surface area is 144 Å². The molecule has 1 aliphatic rings. The highest BCUT2D eigenvalue weighted by Crippen LogP contribution is 2.40. The van der Waals surface area contributed by atoms with Crippen molar-refractivity contribution in [1.29, 1.82) is 0 Å². The Morgan fingerprint density at radius 1 is 1.00 bits per heavy atom. The fourth-order valence-corrected chi connectivity index (χ4v) is 19.3. The Morgan fingerprint density at radius 2 is 1.45 bits per heavy atom. The summed E-state index contributed by atoms with van der Waals surface area (Å²) < 4.78 is 8.77. The molecule has 2 nitrogen and oxygen atoms in total. The van der Waals surface area contributed by atoms with Gasteiger partial charge in [-0.25, -0.2) is 0 Å². The molecule has 0 bridgehead atoms. The maximum Gasteiger partial charge on any atom is 0.243 e. The summed E-state index contributed by atoms with van der Waals surface area (Å²) >= 11 is 5.45. The summed E-state index contributed by atoms with van der Waals surface area (Å²) in [7, 11) is -4.21. The Bertz CT molecular complexity index is 548. The first kappa shape index (κ1) is 17.9. The first-order valence-electron chi connectivity index (χ1n) is 8.06. The standard InChI is InChI=1S/C16H29NOSSi3/c1-20(2,3)18-16(19)14-8-10-15(11-9-14)17-21(4,5)12-13-22(17,6)7/h8-11H,12-13H2,1-7H3. The molecule has 0 atom stereocenters. The van der Waals surface area contributed by atoms with Gasteiger partial charge in [-0.3, -0.25) is 0 Å². The van der Waals surface area contributed by atoms with Crippen molar-refractivity contribution < 1.29 is 4.43 Å². The minimum atomic E-state index is -1.63. The lowest BCUT2D eigenvalue weighted by Crippen LogP contribution is -2.55. The second-order valence-electron chi connectivity index (χ2n) is 8.51. The van der Waals surface area contributed by atoms with Crippen LogP contribution in [-0.4, -0.2) is 29.8 Å². The number of hydrogen-bond acceptors (Lipinski definition) is 3. The van der Waals surface area contributed by atoms with Crippen LogP contribution in [0.3, 0.4) is 0 Å². The van der Waals surface area contributed by atoms with Crippen molar-refractivity contribution in [2.75, 3.05) is 4.23 Å².